The van der Waals surface area contributed by atoms with Gasteiger partial charge in [0.2, 0.25) is 11.8 Å². The molecule has 0 aliphatic rings. The van der Waals surface area contributed by atoms with Crippen LogP contribution in [0.5, 0.6) is 0 Å². The Morgan fingerprint density at radius 3 is 2.24 bits per heavy atom. The van der Waals surface area contributed by atoms with E-state index in [0.717, 1.165) is 5.56 Å². The van der Waals surface area contributed by atoms with Gasteiger partial charge in [0.05, 0.1) is 6.04 Å². The minimum Gasteiger partial charge on any atom is -0.370 e. The lowest BCUT2D eigenvalue weighted by Gasteiger charge is -2.32. The second-order valence-corrected chi connectivity index (χ2v) is 6.31. The molecule has 5 heteroatoms. The second kappa shape index (κ2) is 7.22. The van der Waals surface area contributed by atoms with Crippen molar-refractivity contribution < 1.29 is 9.59 Å². The fourth-order valence-corrected chi connectivity index (χ4v) is 1.88. The van der Waals surface area contributed by atoms with Crippen LogP contribution in [0.3, 0.4) is 0 Å². The highest BCUT2D eigenvalue weighted by molar-refractivity contribution is 5.83. The molecule has 4 N–H and O–H groups in total. The summed E-state index contributed by atoms with van der Waals surface area (Å²) < 4.78 is 0. The van der Waals surface area contributed by atoms with Gasteiger partial charge in [-0.25, -0.2) is 0 Å². The van der Waals surface area contributed by atoms with E-state index in [2.05, 4.69) is 0 Å². The molecule has 0 saturated carbocycles. The average molecular weight is 291 g/mol. The molecule has 21 heavy (non-hydrogen) atoms. The van der Waals surface area contributed by atoms with E-state index in [9.17, 15) is 9.59 Å². The summed E-state index contributed by atoms with van der Waals surface area (Å²) in [7, 11) is 0. The van der Waals surface area contributed by atoms with Crippen LogP contribution in [-0.2, 0) is 16.1 Å². The van der Waals surface area contributed by atoms with E-state index in [1.807, 2.05) is 51.1 Å². The lowest BCUT2D eigenvalue weighted by atomic mass is 9.86. The van der Waals surface area contributed by atoms with Crippen LogP contribution in [-0.4, -0.2) is 29.3 Å². The van der Waals surface area contributed by atoms with Crippen molar-refractivity contribution in [3.8, 4) is 0 Å². The fraction of sp³-hybridized carbons (Fsp3) is 0.500. The Hall–Kier alpha value is -1.88. The van der Waals surface area contributed by atoms with Gasteiger partial charge >= 0.3 is 0 Å². The second-order valence-electron chi connectivity index (χ2n) is 6.31. The highest BCUT2D eigenvalue weighted by Crippen LogP contribution is 2.20. The third-order valence-corrected chi connectivity index (χ3v) is 3.36. The number of nitrogens with two attached hydrogens (primary N) is 2. The van der Waals surface area contributed by atoms with Crippen molar-refractivity contribution in [3.05, 3.63) is 35.9 Å². The third kappa shape index (κ3) is 5.55. The molecule has 0 heterocycles. The van der Waals surface area contributed by atoms with Crippen LogP contribution < -0.4 is 11.5 Å². The molecule has 0 aliphatic heterocycles. The fourth-order valence-electron chi connectivity index (χ4n) is 1.88. The first-order valence-electron chi connectivity index (χ1n) is 7.08. The molecule has 0 fully saturated rings. The van der Waals surface area contributed by atoms with Crippen LogP contribution in [0.15, 0.2) is 30.3 Å². The van der Waals surface area contributed by atoms with Gasteiger partial charge in [0.1, 0.15) is 0 Å². The molecule has 1 atom stereocenters. The van der Waals surface area contributed by atoms with Gasteiger partial charge in [-0.05, 0) is 11.0 Å². The van der Waals surface area contributed by atoms with Gasteiger partial charge in [-0.2, -0.15) is 0 Å². The first-order chi connectivity index (χ1) is 9.71. The Morgan fingerprint density at radius 2 is 1.76 bits per heavy atom. The smallest absolute Gasteiger partial charge is 0.240 e. The van der Waals surface area contributed by atoms with Gasteiger partial charge in [0.25, 0.3) is 0 Å². The van der Waals surface area contributed by atoms with Gasteiger partial charge in [-0.3, -0.25) is 9.59 Å². The predicted molar refractivity (Wildman–Crippen MR) is 83.1 cm³/mol. The molecular weight excluding hydrogens is 266 g/mol. The highest BCUT2D eigenvalue weighted by Gasteiger charge is 2.31. The molecule has 0 aliphatic carbocycles. The van der Waals surface area contributed by atoms with E-state index in [4.69, 9.17) is 11.5 Å². The minimum atomic E-state index is -0.617. The molecule has 0 bridgehead atoms. The molecule has 1 aromatic rings. The van der Waals surface area contributed by atoms with Gasteiger partial charge in [-0.1, -0.05) is 51.1 Å². The summed E-state index contributed by atoms with van der Waals surface area (Å²) in [5.74, 6) is -0.585. The first-order valence-corrected chi connectivity index (χ1v) is 7.08. The lowest BCUT2D eigenvalue weighted by Crippen LogP contribution is -2.50. The van der Waals surface area contributed by atoms with E-state index < -0.39 is 11.9 Å². The van der Waals surface area contributed by atoms with E-state index in [1.165, 1.54) is 0 Å². The predicted octanol–water partition coefficient (Wildman–Crippen LogP) is 1.26. The molecule has 0 aromatic heterocycles. The molecule has 1 rings (SSSR count). The zero-order chi connectivity index (χ0) is 16.0. The number of hydrogen-bond donors (Lipinski definition) is 2. The topological polar surface area (TPSA) is 89.4 Å². The summed E-state index contributed by atoms with van der Waals surface area (Å²) in [6.45, 7) is 6.47. The van der Waals surface area contributed by atoms with Crippen LogP contribution >= 0.6 is 0 Å². The number of nitrogens with zero attached hydrogens (tertiary/aromatic N) is 1. The monoisotopic (exact) mass is 291 g/mol. The summed E-state index contributed by atoms with van der Waals surface area (Å²) in [6, 6.07) is 9.00. The Kier molecular flexibility index (Phi) is 5.90. The summed E-state index contributed by atoms with van der Waals surface area (Å²) in [4.78, 5) is 25.2. The molecule has 0 unspecified atom stereocenters. The standard InChI is InChI=1S/C16H25N3O2/c1-16(2,3)14(18)15(21)19(10-9-13(17)20)11-12-7-5-4-6-8-12/h4-8,14H,9-11,18H2,1-3H3,(H2,17,20)/t14-/m0/s1. The van der Waals surface area contributed by atoms with Gasteiger partial charge in [0.15, 0.2) is 0 Å². The van der Waals surface area contributed by atoms with Crippen LogP contribution in [0.2, 0.25) is 0 Å². The SMILES string of the molecule is CC(C)(C)[C@@H](N)C(=O)N(CCC(N)=O)Cc1ccccc1. The van der Waals surface area contributed by atoms with E-state index in [1.54, 1.807) is 4.90 Å². The summed E-state index contributed by atoms with van der Waals surface area (Å²) in [6.07, 6.45) is 0.134. The number of benzene rings is 1. The minimum absolute atomic E-state index is 0.134. The van der Waals surface area contributed by atoms with Crippen LogP contribution in [0.1, 0.15) is 32.8 Å². The quantitative estimate of drug-likeness (QED) is 0.827. The van der Waals surface area contributed by atoms with Crippen molar-refractivity contribution in [2.45, 2.75) is 39.8 Å². The molecular formula is C16H25N3O2. The molecule has 0 radical (unpaired) electrons. The lowest BCUT2D eigenvalue weighted by molar-refractivity contribution is -0.136. The normalized spacial score (nSPS) is 12.8. The molecule has 1 aromatic carbocycles. The van der Waals surface area contributed by atoms with E-state index >= 15 is 0 Å². The van der Waals surface area contributed by atoms with Crippen molar-refractivity contribution in [2.75, 3.05) is 6.54 Å². The number of primary amides is 1. The Labute approximate surface area is 126 Å². The molecule has 2 amide bonds. The highest BCUT2D eigenvalue weighted by atomic mass is 16.2. The van der Waals surface area contributed by atoms with E-state index in [0.29, 0.717) is 6.54 Å². The van der Waals surface area contributed by atoms with Gasteiger partial charge in [-0.15, -0.1) is 0 Å². The maximum atomic E-state index is 12.6. The Bertz CT molecular complexity index is 480. The van der Waals surface area contributed by atoms with Crippen molar-refractivity contribution in [1.29, 1.82) is 0 Å². The molecule has 116 valence electrons. The number of carbonyl (C=O) groups excluding carboxylic acids is 2. The molecule has 0 saturated heterocycles. The molecule has 5 nitrogen and oxygen atoms in total. The number of rotatable bonds is 6. The van der Waals surface area contributed by atoms with Gasteiger partial charge in [0, 0.05) is 19.5 Å². The van der Waals surface area contributed by atoms with Crippen LogP contribution in [0.25, 0.3) is 0 Å². The first kappa shape index (κ1) is 17.2. The van der Waals surface area contributed by atoms with Crippen LogP contribution in [0.4, 0.5) is 0 Å². The maximum absolute atomic E-state index is 12.6. The Morgan fingerprint density at radius 1 is 1.19 bits per heavy atom. The van der Waals surface area contributed by atoms with Crippen molar-refractivity contribution in [1.82, 2.24) is 4.90 Å². The summed E-state index contributed by atoms with van der Waals surface area (Å²) >= 11 is 0. The largest absolute Gasteiger partial charge is 0.370 e. The zero-order valence-corrected chi connectivity index (χ0v) is 13.0. The average Bonchev–Trinajstić information content (AvgIpc) is 2.41. The summed E-state index contributed by atoms with van der Waals surface area (Å²) in [5, 5.41) is 0. The van der Waals surface area contributed by atoms with Crippen molar-refractivity contribution >= 4 is 11.8 Å². The van der Waals surface area contributed by atoms with Crippen molar-refractivity contribution in [2.24, 2.45) is 16.9 Å². The maximum Gasteiger partial charge on any atom is 0.240 e. The summed E-state index contributed by atoms with van der Waals surface area (Å²) in [5.41, 5.74) is 11.9. The van der Waals surface area contributed by atoms with Gasteiger partial charge < -0.3 is 16.4 Å². The van der Waals surface area contributed by atoms with Crippen molar-refractivity contribution in [3.63, 3.8) is 0 Å². The Balaban J connectivity index is 2.86. The van der Waals surface area contributed by atoms with E-state index in [-0.39, 0.29) is 24.3 Å². The molecule has 0 spiro atoms. The number of carbonyl (C=O) groups is 2. The number of amides is 2. The van der Waals surface area contributed by atoms with Crippen LogP contribution in [0, 0.1) is 5.41 Å². The third-order valence-electron chi connectivity index (χ3n) is 3.36. The zero-order valence-electron chi connectivity index (χ0n) is 13.0. The number of hydrogen-bond acceptors (Lipinski definition) is 3.